The first-order valence-corrected chi connectivity index (χ1v) is 8.80. The summed E-state index contributed by atoms with van der Waals surface area (Å²) < 4.78 is 2.00. The minimum Gasteiger partial charge on any atom is -0.508 e. The molecule has 0 radical (unpaired) electrons. The highest BCUT2D eigenvalue weighted by Gasteiger charge is 2.14. The molecule has 0 amide bonds. The maximum atomic E-state index is 9.77. The van der Waals surface area contributed by atoms with E-state index in [2.05, 4.69) is 68.2 Å². The van der Waals surface area contributed by atoms with Gasteiger partial charge in [0.25, 0.3) is 0 Å². The second-order valence-electron chi connectivity index (χ2n) is 7.64. The average molecular weight is 342 g/mol. The highest BCUT2D eigenvalue weighted by atomic mass is 16.3. The van der Waals surface area contributed by atoms with Crippen molar-refractivity contribution in [1.29, 1.82) is 0 Å². The molecule has 0 aliphatic heterocycles. The fourth-order valence-corrected chi connectivity index (χ4v) is 3.27. The Labute approximate surface area is 153 Å². The maximum absolute atomic E-state index is 9.77. The van der Waals surface area contributed by atoms with Crippen LogP contribution in [0.25, 0.3) is 27.8 Å². The summed E-state index contributed by atoms with van der Waals surface area (Å²) >= 11 is 0. The quantitative estimate of drug-likeness (QED) is 0.508. The van der Waals surface area contributed by atoms with Gasteiger partial charge >= 0.3 is 0 Å². The van der Waals surface area contributed by atoms with Crippen LogP contribution in [0, 0.1) is 0 Å². The Bertz CT molecular complexity index is 1070. The van der Waals surface area contributed by atoms with Crippen LogP contribution in [0.4, 0.5) is 0 Å². The van der Waals surface area contributed by atoms with Crippen molar-refractivity contribution >= 4 is 11.0 Å². The number of hydrogen-bond acceptors (Lipinski definition) is 2. The van der Waals surface area contributed by atoms with E-state index >= 15 is 0 Å². The van der Waals surface area contributed by atoms with Crippen LogP contribution in [0.3, 0.4) is 0 Å². The zero-order valence-corrected chi connectivity index (χ0v) is 15.3. The molecule has 1 heterocycles. The Balaban J connectivity index is 1.83. The fraction of sp³-hybridized carbons (Fsp3) is 0.174. The number of fused-ring (bicyclic) bond motifs is 1. The number of benzene rings is 3. The number of phenolic OH excluding ortho intramolecular Hbond substituents is 1. The van der Waals surface area contributed by atoms with E-state index in [1.165, 1.54) is 5.56 Å². The standard InChI is InChI=1S/C23H22N2O/c1-23(2,3)17-12-10-16(11-13-17)20-8-5-9-21-22(20)24-15-25(21)18-6-4-7-19(26)14-18/h4-15,26H,1-3H3. The van der Waals surface area contributed by atoms with Gasteiger partial charge < -0.3 is 5.11 Å². The summed E-state index contributed by atoms with van der Waals surface area (Å²) in [6.45, 7) is 6.67. The summed E-state index contributed by atoms with van der Waals surface area (Å²) in [5, 5.41) is 9.77. The zero-order chi connectivity index (χ0) is 18.3. The van der Waals surface area contributed by atoms with E-state index in [0.717, 1.165) is 27.8 Å². The number of rotatable bonds is 2. The summed E-state index contributed by atoms with van der Waals surface area (Å²) in [7, 11) is 0. The molecule has 1 N–H and O–H groups in total. The first-order valence-electron chi connectivity index (χ1n) is 8.80. The summed E-state index contributed by atoms with van der Waals surface area (Å²) in [6.07, 6.45) is 1.81. The van der Waals surface area contributed by atoms with Crippen molar-refractivity contribution in [2.45, 2.75) is 26.2 Å². The van der Waals surface area contributed by atoms with Gasteiger partial charge in [0.15, 0.2) is 0 Å². The Morgan fingerprint density at radius 1 is 0.885 bits per heavy atom. The van der Waals surface area contributed by atoms with Crippen molar-refractivity contribution in [3.8, 4) is 22.6 Å². The van der Waals surface area contributed by atoms with Crippen LogP contribution in [0.1, 0.15) is 26.3 Å². The number of aromatic hydroxyl groups is 1. The van der Waals surface area contributed by atoms with Crippen LogP contribution in [0.2, 0.25) is 0 Å². The first-order chi connectivity index (χ1) is 12.4. The number of hydrogen-bond donors (Lipinski definition) is 1. The molecule has 0 spiro atoms. The number of phenols is 1. The van der Waals surface area contributed by atoms with E-state index < -0.39 is 0 Å². The first kappa shape index (κ1) is 16.4. The van der Waals surface area contributed by atoms with Gasteiger partial charge in [0, 0.05) is 11.6 Å². The van der Waals surface area contributed by atoms with E-state index in [0.29, 0.717) is 0 Å². The zero-order valence-electron chi connectivity index (χ0n) is 15.3. The Morgan fingerprint density at radius 3 is 2.31 bits per heavy atom. The predicted octanol–water partition coefficient (Wildman–Crippen LogP) is 5.70. The monoisotopic (exact) mass is 342 g/mol. The highest BCUT2D eigenvalue weighted by molar-refractivity contribution is 5.93. The number of aromatic nitrogens is 2. The summed E-state index contributed by atoms with van der Waals surface area (Å²) in [5.74, 6) is 0.248. The van der Waals surface area contributed by atoms with Gasteiger partial charge in [-0.25, -0.2) is 4.98 Å². The maximum Gasteiger partial charge on any atom is 0.117 e. The normalized spacial score (nSPS) is 11.8. The third-order valence-electron chi connectivity index (χ3n) is 4.75. The van der Waals surface area contributed by atoms with Gasteiger partial charge in [-0.15, -0.1) is 0 Å². The summed E-state index contributed by atoms with van der Waals surface area (Å²) in [5.41, 5.74) is 6.60. The van der Waals surface area contributed by atoms with Gasteiger partial charge in [-0.3, -0.25) is 4.57 Å². The molecule has 3 heteroatoms. The molecule has 26 heavy (non-hydrogen) atoms. The lowest BCUT2D eigenvalue weighted by Crippen LogP contribution is -2.10. The second kappa shape index (κ2) is 6.03. The minimum atomic E-state index is 0.140. The van der Waals surface area contributed by atoms with Crippen LogP contribution < -0.4 is 0 Å². The van der Waals surface area contributed by atoms with Crippen molar-refractivity contribution in [2.24, 2.45) is 0 Å². The van der Waals surface area contributed by atoms with Crippen LogP contribution in [0.5, 0.6) is 5.75 Å². The minimum absolute atomic E-state index is 0.140. The molecule has 0 saturated heterocycles. The topological polar surface area (TPSA) is 38.0 Å². The molecule has 0 fully saturated rings. The van der Waals surface area contributed by atoms with Crippen LogP contribution >= 0.6 is 0 Å². The largest absolute Gasteiger partial charge is 0.508 e. The van der Waals surface area contributed by atoms with E-state index in [-0.39, 0.29) is 11.2 Å². The highest BCUT2D eigenvalue weighted by Crippen LogP contribution is 2.31. The molecule has 0 unspecified atom stereocenters. The molecule has 3 aromatic carbocycles. The Morgan fingerprint density at radius 2 is 1.62 bits per heavy atom. The third kappa shape index (κ3) is 2.86. The molecule has 3 nitrogen and oxygen atoms in total. The van der Waals surface area contributed by atoms with Crippen LogP contribution in [-0.2, 0) is 5.41 Å². The van der Waals surface area contributed by atoms with Crippen molar-refractivity contribution in [1.82, 2.24) is 9.55 Å². The molecule has 130 valence electrons. The molecule has 0 aliphatic carbocycles. The molecule has 1 aromatic heterocycles. The summed E-state index contributed by atoms with van der Waals surface area (Å²) in [4.78, 5) is 4.65. The van der Waals surface area contributed by atoms with Gasteiger partial charge in [-0.05, 0) is 34.7 Å². The van der Waals surface area contributed by atoms with E-state index in [1.54, 1.807) is 12.1 Å². The summed E-state index contributed by atoms with van der Waals surface area (Å²) in [6, 6.07) is 22.2. The van der Waals surface area contributed by atoms with Gasteiger partial charge in [0.05, 0.1) is 16.7 Å². The molecule has 0 saturated carbocycles. The molecule has 4 rings (SSSR count). The SMILES string of the molecule is CC(C)(C)c1ccc(-c2cccc3c2ncn3-c2cccc(O)c2)cc1. The van der Waals surface area contributed by atoms with Gasteiger partial charge in [0.2, 0.25) is 0 Å². The van der Waals surface area contributed by atoms with Crippen molar-refractivity contribution in [3.05, 3.63) is 78.6 Å². The van der Waals surface area contributed by atoms with E-state index in [4.69, 9.17) is 0 Å². The Hall–Kier alpha value is -3.07. The molecular formula is C23H22N2O. The molecule has 4 aromatic rings. The lowest BCUT2D eigenvalue weighted by Gasteiger charge is -2.19. The van der Waals surface area contributed by atoms with Crippen molar-refractivity contribution < 1.29 is 5.11 Å². The third-order valence-corrected chi connectivity index (χ3v) is 4.75. The molecule has 0 bridgehead atoms. The lowest BCUT2D eigenvalue weighted by molar-refractivity contribution is 0.475. The second-order valence-corrected chi connectivity index (χ2v) is 7.64. The molecule has 0 atom stereocenters. The van der Waals surface area contributed by atoms with Crippen molar-refractivity contribution in [3.63, 3.8) is 0 Å². The van der Waals surface area contributed by atoms with Crippen LogP contribution in [0.15, 0.2) is 73.1 Å². The number of nitrogens with zero attached hydrogens (tertiary/aromatic N) is 2. The number of imidazole rings is 1. The van der Waals surface area contributed by atoms with Crippen molar-refractivity contribution in [2.75, 3.05) is 0 Å². The van der Waals surface area contributed by atoms with Gasteiger partial charge in [-0.1, -0.05) is 63.2 Å². The van der Waals surface area contributed by atoms with Crippen LogP contribution in [-0.4, -0.2) is 14.7 Å². The average Bonchev–Trinajstić information content (AvgIpc) is 3.05. The Kier molecular flexibility index (Phi) is 3.80. The van der Waals surface area contributed by atoms with Gasteiger partial charge in [0.1, 0.15) is 12.1 Å². The molecule has 0 aliphatic rings. The lowest BCUT2D eigenvalue weighted by atomic mass is 9.86. The molecular weight excluding hydrogens is 320 g/mol. The van der Waals surface area contributed by atoms with Gasteiger partial charge in [-0.2, -0.15) is 0 Å². The van der Waals surface area contributed by atoms with E-state index in [1.807, 2.05) is 23.0 Å². The van der Waals surface area contributed by atoms with E-state index in [9.17, 15) is 5.11 Å². The smallest absolute Gasteiger partial charge is 0.117 e. The number of para-hydroxylation sites is 1. The fourth-order valence-electron chi connectivity index (χ4n) is 3.27. The predicted molar refractivity (Wildman–Crippen MR) is 107 cm³/mol.